The zero-order chi connectivity index (χ0) is 17.6. The van der Waals surface area contributed by atoms with E-state index in [1.165, 1.54) is 6.08 Å². The van der Waals surface area contributed by atoms with Gasteiger partial charge in [0.25, 0.3) is 0 Å². The molecule has 0 aliphatic carbocycles. The maximum atomic E-state index is 12.6. The number of rotatable bonds is 6. The highest BCUT2D eigenvalue weighted by atomic mass is 32.2. The lowest BCUT2D eigenvalue weighted by atomic mass is 9.96. The first-order valence-corrected chi connectivity index (χ1v) is 8.80. The molecule has 0 atom stereocenters. The first-order chi connectivity index (χ1) is 11.4. The Morgan fingerprint density at radius 1 is 1.00 bits per heavy atom. The summed E-state index contributed by atoms with van der Waals surface area (Å²) < 4.78 is 5.35. The molecule has 0 aromatic heterocycles. The smallest absolute Gasteiger partial charge is 0.331 e. The molecule has 0 saturated carbocycles. The van der Waals surface area contributed by atoms with E-state index in [-0.39, 0.29) is 5.78 Å². The van der Waals surface area contributed by atoms with E-state index < -0.39 is 11.6 Å². The van der Waals surface area contributed by atoms with E-state index in [0.29, 0.717) is 5.56 Å². The highest BCUT2D eigenvalue weighted by Crippen LogP contribution is 2.21. The van der Waals surface area contributed by atoms with Gasteiger partial charge in [-0.1, -0.05) is 42.5 Å². The standard InChI is InChI=1S/C20H20O3S/c1-20(2,19(22)16-10-12-17(24-3)13-11-16)23-18(21)14-9-15-7-5-4-6-8-15/h4-14H,1-3H3/b14-9+. The predicted molar refractivity (Wildman–Crippen MR) is 98.2 cm³/mol. The van der Waals surface area contributed by atoms with Crippen LogP contribution in [0, 0.1) is 0 Å². The van der Waals surface area contributed by atoms with Crippen molar-refractivity contribution in [3.05, 3.63) is 71.8 Å². The fourth-order valence-corrected chi connectivity index (χ4v) is 2.56. The number of ketones is 1. The van der Waals surface area contributed by atoms with Crippen molar-refractivity contribution in [1.29, 1.82) is 0 Å². The maximum Gasteiger partial charge on any atom is 0.331 e. The van der Waals surface area contributed by atoms with Crippen LogP contribution in [0.2, 0.25) is 0 Å². The molecule has 0 amide bonds. The van der Waals surface area contributed by atoms with Crippen LogP contribution in [0.4, 0.5) is 0 Å². The summed E-state index contributed by atoms with van der Waals surface area (Å²) in [5.41, 5.74) is 0.197. The molecule has 124 valence electrons. The third kappa shape index (κ3) is 4.83. The first kappa shape index (κ1) is 18.0. The molecule has 2 rings (SSSR count). The van der Waals surface area contributed by atoms with Gasteiger partial charge in [0.1, 0.15) is 0 Å². The number of ether oxygens (including phenoxy) is 1. The van der Waals surface area contributed by atoms with Crippen molar-refractivity contribution < 1.29 is 14.3 Å². The van der Waals surface area contributed by atoms with Crippen molar-refractivity contribution in [2.24, 2.45) is 0 Å². The molecule has 0 spiro atoms. The Hall–Kier alpha value is -2.33. The van der Waals surface area contributed by atoms with E-state index in [2.05, 4.69) is 0 Å². The van der Waals surface area contributed by atoms with Crippen molar-refractivity contribution in [3.63, 3.8) is 0 Å². The molecule has 2 aromatic rings. The summed E-state index contributed by atoms with van der Waals surface area (Å²) in [5.74, 6) is -0.769. The van der Waals surface area contributed by atoms with Crippen molar-refractivity contribution >= 4 is 29.6 Å². The quantitative estimate of drug-likeness (QED) is 0.333. The van der Waals surface area contributed by atoms with Gasteiger partial charge in [0.2, 0.25) is 5.78 Å². The Morgan fingerprint density at radius 3 is 2.21 bits per heavy atom. The molecule has 0 saturated heterocycles. The molecule has 24 heavy (non-hydrogen) atoms. The Labute approximate surface area is 146 Å². The van der Waals surface area contributed by atoms with Crippen LogP contribution in [0.3, 0.4) is 0 Å². The monoisotopic (exact) mass is 340 g/mol. The third-order valence-electron chi connectivity index (χ3n) is 3.47. The third-order valence-corrected chi connectivity index (χ3v) is 4.21. The fraction of sp³-hybridized carbons (Fsp3) is 0.200. The van der Waals surface area contributed by atoms with Crippen LogP contribution in [0.25, 0.3) is 6.08 Å². The number of benzene rings is 2. The normalized spacial score (nSPS) is 11.5. The molecule has 0 aliphatic heterocycles. The summed E-state index contributed by atoms with van der Waals surface area (Å²) >= 11 is 1.61. The van der Waals surface area contributed by atoms with Gasteiger partial charge in [-0.05, 0) is 43.9 Å². The number of hydrogen-bond acceptors (Lipinski definition) is 4. The van der Waals surface area contributed by atoms with Gasteiger partial charge in [-0.3, -0.25) is 4.79 Å². The van der Waals surface area contributed by atoms with Crippen LogP contribution in [0.5, 0.6) is 0 Å². The largest absolute Gasteiger partial charge is 0.448 e. The minimum Gasteiger partial charge on any atom is -0.448 e. The Balaban J connectivity index is 2.04. The summed E-state index contributed by atoms with van der Waals surface area (Å²) in [6.45, 7) is 3.21. The number of carbonyl (C=O) groups excluding carboxylic acids is 2. The second-order valence-corrected chi connectivity index (χ2v) is 6.61. The van der Waals surface area contributed by atoms with Gasteiger partial charge in [-0.15, -0.1) is 11.8 Å². The van der Waals surface area contributed by atoms with Crippen molar-refractivity contribution in [2.45, 2.75) is 24.3 Å². The lowest BCUT2D eigenvalue weighted by Gasteiger charge is -2.23. The maximum absolute atomic E-state index is 12.6. The van der Waals surface area contributed by atoms with Crippen LogP contribution in [0.15, 0.2) is 65.6 Å². The van der Waals surface area contributed by atoms with Crippen molar-refractivity contribution in [2.75, 3.05) is 6.26 Å². The minimum absolute atomic E-state index is 0.225. The van der Waals surface area contributed by atoms with Crippen molar-refractivity contribution in [1.82, 2.24) is 0 Å². The van der Waals surface area contributed by atoms with Crippen LogP contribution in [-0.4, -0.2) is 23.6 Å². The molecule has 4 heteroatoms. The van der Waals surface area contributed by atoms with Gasteiger partial charge >= 0.3 is 5.97 Å². The van der Waals surface area contributed by atoms with E-state index in [1.807, 2.05) is 48.7 Å². The van der Waals surface area contributed by atoms with Crippen molar-refractivity contribution in [3.8, 4) is 0 Å². The van der Waals surface area contributed by atoms with Crippen LogP contribution in [0.1, 0.15) is 29.8 Å². The van der Waals surface area contributed by atoms with Crippen LogP contribution >= 0.6 is 11.8 Å². The summed E-state index contributed by atoms with van der Waals surface area (Å²) in [4.78, 5) is 25.6. The lowest BCUT2D eigenvalue weighted by Crippen LogP contribution is -2.36. The molecule has 0 heterocycles. The number of carbonyl (C=O) groups is 2. The summed E-state index contributed by atoms with van der Waals surface area (Å²) in [6.07, 6.45) is 4.97. The van der Waals surface area contributed by atoms with E-state index >= 15 is 0 Å². The van der Waals surface area contributed by atoms with E-state index in [1.54, 1.807) is 43.8 Å². The first-order valence-electron chi connectivity index (χ1n) is 7.57. The second-order valence-electron chi connectivity index (χ2n) is 5.73. The molecule has 0 radical (unpaired) electrons. The molecule has 3 nitrogen and oxygen atoms in total. The topological polar surface area (TPSA) is 43.4 Å². The van der Waals surface area contributed by atoms with E-state index in [9.17, 15) is 9.59 Å². The SMILES string of the molecule is CSc1ccc(C(=O)C(C)(C)OC(=O)/C=C/c2ccccc2)cc1. The average molecular weight is 340 g/mol. The Bertz CT molecular complexity index is 731. The molecular weight excluding hydrogens is 320 g/mol. The molecule has 2 aromatic carbocycles. The number of hydrogen-bond donors (Lipinski definition) is 0. The highest BCUT2D eigenvalue weighted by Gasteiger charge is 2.32. The van der Waals surface area contributed by atoms with Crippen LogP contribution < -0.4 is 0 Å². The number of esters is 1. The second kappa shape index (κ2) is 7.97. The van der Waals surface area contributed by atoms with Gasteiger partial charge in [0.15, 0.2) is 5.60 Å². The highest BCUT2D eigenvalue weighted by molar-refractivity contribution is 7.98. The Morgan fingerprint density at radius 2 is 1.62 bits per heavy atom. The molecule has 0 N–H and O–H groups in total. The molecule has 0 aliphatic rings. The zero-order valence-electron chi connectivity index (χ0n) is 14.0. The summed E-state index contributed by atoms with van der Waals surface area (Å²) in [6, 6.07) is 16.7. The van der Waals surface area contributed by atoms with E-state index in [0.717, 1.165) is 10.5 Å². The van der Waals surface area contributed by atoms with Gasteiger partial charge in [0, 0.05) is 16.5 Å². The number of Topliss-reactive ketones (excluding diaryl/α,β-unsaturated/α-hetero) is 1. The molecule has 0 unspecified atom stereocenters. The average Bonchev–Trinajstić information content (AvgIpc) is 2.60. The minimum atomic E-state index is -1.22. The zero-order valence-corrected chi connectivity index (χ0v) is 14.8. The van der Waals surface area contributed by atoms with Gasteiger partial charge in [-0.2, -0.15) is 0 Å². The molecule has 0 fully saturated rings. The summed E-state index contributed by atoms with van der Waals surface area (Å²) in [5, 5.41) is 0. The molecule has 0 bridgehead atoms. The van der Waals surface area contributed by atoms with Gasteiger partial charge in [-0.25, -0.2) is 4.79 Å². The van der Waals surface area contributed by atoms with Gasteiger partial charge in [0.05, 0.1) is 0 Å². The predicted octanol–water partition coefficient (Wildman–Crippen LogP) is 4.63. The van der Waals surface area contributed by atoms with Crippen LogP contribution in [-0.2, 0) is 9.53 Å². The molecular formula is C20H20O3S. The lowest BCUT2D eigenvalue weighted by molar-refractivity contribution is -0.146. The fourth-order valence-electron chi connectivity index (χ4n) is 2.15. The summed E-state index contributed by atoms with van der Waals surface area (Å²) in [7, 11) is 0. The van der Waals surface area contributed by atoms with Gasteiger partial charge < -0.3 is 4.74 Å². The van der Waals surface area contributed by atoms with E-state index in [4.69, 9.17) is 4.74 Å². The Kier molecular flexibility index (Phi) is 5.99. The number of thioether (sulfide) groups is 1.